The third-order valence-corrected chi connectivity index (χ3v) is 3.90. The van der Waals surface area contributed by atoms with E-state index in [4.69, 9.17) is 9.47 Å². The highest BCUT2D eigenvalue weighted by molar-refractivity contribution is 5.89. The van der Waals surface area contributed by atoms with Gasteiger partial charge in [-0.3, -0.25) is 0 Å². The summed E-state index contributed by atoms with van der Waals surface area (Å²) in [4.78, 5) is 12.1. The van der Waals surface area contributed by atoms with Gasteiger partial charge in [-0.25, -0.2) is 9.18 Å². The molecule has 0 saturated carbocycles. The maximum Gasteiger partial charge on any atom is 0.319 e. The van der Waals surface area contributed by atoms with Gasteiger partial charge in [-0.15, -0.1) is 0 Å². The number of urea groups is 1. The van der Waals surface area contributed by atoms with Gasteiger partial charge in [0.1, 0.15) is 17.2 Å². The van der Waals surface area contributed by atoms with Crippen molar-refractivity contribution < 1.29 is 18.7 Å². The molecule has 2 rings (SSSR count). The number of rotatable bonds is 7. The van der Waals surface area contributed by atoms with Crippen molar-refractivity contribution in [3.05, 3.63) is 59.9 Å². The smallest absolute Gasteiger partial charge is 0.319 e. The third kappa shape index (κ3) is 4.93. The van der Waals surface area contributed by atoms with Crippen LogP contribution in [0.15, 0.2) is 48.5 Å². The molecule has 2 aromatic rings. The van der Waals surface area contributed by atoms with Gasteiger partial charge in [0.15, 0.2) is 0 Å². The van der Waals surface area contributed by atoms with Crippen LogP contribution in [0.3, 0.4) is 0 Å². The van der Waals surface area contributed by atoms with Crippen LogP contribution < -0.4 is 15.4 Å². The molecular weight excluding hydrogens is 323 g/mol. The average molecular weight is 346 g/mol. The van der Waals surface area contributed by atoms with E-state index in [1.807, 2.05) is 6.92 Å². The molecule has 6 heteroatoms. The lowest BCUT2D eigenvalue weighted by molar-refractivity contribution is 0.00235. The Morgan fingerprint density at radius 2 is 1.84 bits per heavy atom. The maximum absolute atomic E-state index is 14.0. The van der Waals surface area contributed by atoms with Gasteiger partial charge in [0.05, 0.1) is 13.2 Å². The number of hydrogen-bond acceptors (Lipinski definition) is 3. The van der Waals surface area contributed by atoms with E-state index in [9.17, 15) is 9.18 Å². The quantitative estimate of drug-likeness (QED) is 0.799. The molecule has 0 saturated heterocycles. The number of benzene rings is 2. The first kappa shape index (κ1) is 18.7. The van der Waals surface area contributed by atoms with Crippen molar-refractivity contribution in [2.24, 2.45) is 0 Å². The summed E-state index contributed by atoms with van der Waals surface area (Å²) in [6.07, 6.45) is 0. The minimum absolute atomic E-state index is 0.118. The number of nitrogens with one attached hydrogen (secondary N) is 2. The van der Waals surface area contributed by atoms with E-state index in [0.29, 0.717) is 17.9 Å². The predicted molar refractivity (Wildman–Crippen MR) is 95.4 cm³/mol. The number of ether oxygens (including phenoxy) is 2. The second-order valence-electron chi connectivity index (χ2n) is 5.68. The van der Waals surface area contributed by atoms with Crippen molar-refractivity contribution >= 4 is 11.7 Å². The lowest BCUT2D eigenvalue weighted by Crippen LogP contribution is -2.42. The lowest BCUT2D eigenvalue weighted by Gasteiger charge is -2.29. The van der Waals surface area contributed by atoms with Crippen LogP contribution in [0.4, 0.5) is 14.9 Å². The van der Waals surface area contributed by atoms with E-state index >= 15 is 0 Å². The van der Waals surface area contributed by atoms with Gasteiger partial charge in [-0.05, 0) is 44.2 Å². The molecule has 0 aromatic heterocycles. The number of carbonyl (C=O) groups excluding carboxylic acids is 1. The molecule has 1 atom stereocenters. The molecule has 0 fully saturated rings. The molecule has 0 aliphatic heterocycles. The first-order valence-corrected chi connectivity index (χ1v) is 8.06. The van der Waals surface area contributed by atoms with Crippen LogP contribution in [0.5, 0.6) is 5.75 Å². The van der Waals surface area contributed by atoms with Gasteiger partial charge in [0.2, 0.25) is 0 Å². The minimum atomic E-state index is -0.971. The second kappa shape index (κ2) is 8.48. The Balaban J connectivity index is 1.97. The number of methoxy groups -OCH3 is 1. The maximum atomic E-state index is 14.0. The summed E-state index contributed by atoms with van der Waals surface area (Å²) in [5, 5.41) is 5.43. The van der Waals surface area contributed by atoms with E-state index in [0.717, 1.165) is 5.75 Å². The molecule has 2 aromatic carbocycles. The van der Waals surface area contributed by atoms with Crippen molar-refractivity contribution in [3.63, 3.8) is 0 Å². The van der Waals surface area contributed by atoms with Crippen LogP contribution in [0.1, 0.15) is 19.4 Å². The first-order chi connectivity index (χ1) is 12.0. The van der Waals surface area contributed by atoms with Crippen LogP contribution in [0.2, 0.25) is 0 Å². The van der Waals surface area contributed by atoms with Gasteiger partial charge >= 0.3 is 6.03 Å². The Bertz CT molecular complexity index is 706. The molecule has 2 amide bonds. The highest BCUT2D eigenvalue weighted by atomic mass is 19.1. The van der Waals surface area contributed by atoms with Gasteiger partial charge < -0.3 is 20.1 Å². The normalized spacial score (nSPS) is 13.0. The Morgan fingerprint density at radius 3 is 2.44 bits per heavy atom. The van der Waals surface area contributed by atoms with Gasteiger partial charge in [-0.1, -0.05) is 18.2 Å². The van der Waals surface area contributed by atoms with Crippen molar-refractivity contribution in [1.82, 2.24) is 5.32 Å². The minimum Gasteiger partial charge on any atom is -0.494 e. The molecule has 5 nitrogen and oxygen atoms in total. The number of hydrogen-bond donors (Lipinski definition) is 2. The molecular formula is C19H23FN2O3. The van der Waals surface area contributed by atoms with Crippen LogP contribution in [0.25, 0.3) is 0 Å². The lowest BCUT2D eigenvalue weighted by atomic mass is 9.95. The molecule has 0 bridgehead atoms. The highest BCUT2D eigenvalue weighted by Gasteiger charge is 2.29. The van der Waals surface area contributed by atoms with E-state index in [1.54, 1.807) is 49.4 Å². The van der Waals surface area contributed by atoms with Crippen LogP contribution in [-0.2, 0) is 10.3 Å². The molecule has 25 heavy (non-hydrogen) atoms. The second-order valence-corrected chi connectivity index (χ2v) is 5.68. The van der Waals surface area contributed by atoms with Crippen molar-refractivity contribution in [3.8, 4) is 5.75 Å². The molecule has 134 valence electrons. The summed E-state index contributed by atoms with van der Waals surface area (Å²) in [5.41, 5.74) is 0.0476. The summed E-state index contributed by atoms with van der Waals surface area (Å²) in [7, 11) is 1.48. The van der Waals surface area contributed by atoms with Crippen molar-refractivity contribution in [1.29, 1.82) is 0 Å². The van der Waals surface area contributed by atoms with E-state index in [-0.39, 0.29) is 12.4 Å². The van der Waals surface area contributed by atoms with Gasteiger partial charge in [0, 0.05) is 18.4 Å². The summed E-state index contributed by atoms with van der Waals surface area (Å²) >= 11 is 0. The van der Waals surface area contributed by atoms with Crippen molar-refractivity contribution in [2.75, 3.05) is 25.6 Å². The number of anilines is 1. The molecule has 1 unspecified atom stereocenters. The van der Waals surface area contributed by atoms with E-state index in [1.165, 1.54) is 13.2 Å². The fraction of sp³-hybridized carbons (Fsp3) is 0.316. The zero-order valence-corrected chi connectivity index (χ0v) is 14.6. The van der Waals surface area contributed by atoms with Crippen molar-refractivity contribution in [2.45, 2.75) is 19.4 Å². The standard InChI is InChI=1S/C19H23FN2O3/c1-4-25-15-11-9-14(10-12-15)22-18(23)21-13-19(2,24-3)16-7-5-6-8-17(16)20/h5-12H,4,13H2,1-3H3,(H2,21,22,23). The highest BCUT2D eigenvalue weighted by Crippen LogP contribution is 2.26. The molecule has 0 heterocycles. The Kier molecular flexibility index (Phi) is 6.36. The molecule has 0 aliphatic rings. The number of amides is 2. The van der Waals surface area contributed by atoms with Gasteiger partial charge in [0.25, 0.3) is 0 Å². The summed E-state index contributed by atoms with van der Waals surface area (Å²) in [5.74, 6) is 0.362. The first-order valence-electron chi connectivity index (χ1n) is 8.06. The SMILES string of the molecule is CCOc1ccc(NC(=O)NCC(C)(OC)c2ccccc2F)cc1. The van der Waals surface area contributed by atoms with E-state index < -0.39 is 11.6 Å². The topological polar surface area (TPSA) is 59.6 Å². The van der Waals surface area contributed by atoms with Crippen LogP contribution in [0, 0.1) is 5.82 Å². The largest absolute Gasteiger partial charge is 0.494 e. The molecule has 0 radical (unpaired) electrons. The third-order valence-electron chi connectivity index (χ3n) is 3.90. The van der Waals surface area contributed by atoms with Gasteiger partial charge in [-0.2, -0.15) is 0 Å². The summed E-state index contributed by atoms with van der Waals surface area (Å²) in [6.45, 7) is 4.33. The molecule has 0 spiro atoms. The zero-order chi connectivity index (χ0) is 18.3. The Hall–Kier alpha value is -2.60. The Labute approximate surface area is 147 Å². The van der Waals surface area contributed by atoms with Crippen LogP contribution >= 0.6 is 0 Å². The number of carbonyl (C=O) groups is 1. The predicted octanol–water partition coefficient (Wildman–Crippen LogP) is 3.91. The molecule has 2 N–H and O–H groups in total. The fourth-order valence-electron chi connectivity index (χ4n) is 2.39. The van der Waals surface area contributed by atoms with E-state index in [2.05, 4.69) is 10.6 Å². The average Bonchev–Trinajstić information content (AvgIpc) is 2.62. The molecule has 0 aliphatic carbocycles. The Morgan fingerprint density at radius 1 is 1.16 bits per heavy atom. The summed E-state index contributed by atoms with van der Waals surface area (Å²) < 4.78 is 24.8. The zero-order valence-electron chi connectivity index (χ0n) is 14.6. The monoisotopic (exact) mass is 346 g/mol. The van der Waals surface area contributed by atoms with Crippen LogP contribution in [-0.4, -0.2) is 26.3 Å². The number of halogens is 1. The fourth-order valence-corrected chi connectivity index (χ4v) is 2.39. The summed E-state index contributed by atoms with van der Waals surface area (Å²) in [6, 6.07) is 13.0.